The van der Waals surface area contributed by atoms with Crippen molar-refractivity contribution in [2.75, 3.05) is 0 Å². The van der Waals surface area contributed by atoms with E-state index in [1.807, 2.05) is 0 Å². The zero-order chi connectivity index (χ0) is 38.0. The fourth-order valence-electron chi connectivity index (χ4n) is 8.77. The van der Waals surface area contributed by atoms with Crippen molar-refractivity contribution < 1.29 is 0 Å². The molecule has 0 amide bonds. The van der Waals surface area contributed by atoms with E-state index in [9.17, 15) is 0 Å². The lowest BCUT2D eigenvalue weighted by atomic mass is 9.85. The number of nitrogens with two attached hydrogens (primary N) is 1. The Labute approximate surface area is 336 Å². The van der Waals surface area contributed by atoms with E-state index in [0.29, 0.717) is 5.92 Å². The number of rotatable bonds is 44. The van der Waals surface area contributed by atoms with Crippen LogP contribution in [0.15, 0.2) is 30.3 Å². The summed E-state index contributed by atoms with van der Waals surface area (Å²) in [7, 11) is 0. The number of benzene rings is 1. The molecule has 1 atom stereocenters. The van der Waals surface area contributed by atoms with Gasteiger partial charge in [-0.15, -0.1) is 0 Å². The Morgan fingerprint density at radius 3 is 0.736 bits per heavy atom. The van der Waals surface area contributed by atoms with Gasteiger partial charge in [-0.25, -0.2) is 0 Å². The standard InChI is InChI=1S/C52H99N/c1-3-5-7-9-11-13-15-17-19-21-23-25-27-29-31-33-35-37-39-42-46-50(52(53)51-48-44-41-45-49-51)47-43-40-38-36-34-32-30-28-26-24-22-20-18-16-14-12-10-8-6-4-2/h41,44-45,48-50,52H,3-40,42-43,46-47,53H2,1-2H3. The SMILES string of the molecule is CCCCCCCCCCCCCCCCCCCCCCC(CCCCCCCCCCCCCCCCCCCCCC)C(N)c1ccccc1. The summed E-state index contributed by atoms with van der Waals surface area (Å²) in [5.74, 6) is 0.642. The lowest BCUT2D eigenvalue weighted by molar-refractivity contribution is 0.345. The van der Waals surface area contributed by atoms with Crippen LogP contribution in [0.5, 0.6) is 0 Å². The molecule has 1 unspecified atom stereocenters. The first-order valence-electron chi connectivity index (χ1n) is 25.1. The van der Waals surface area contributed by atoms with E-state index in [1.165, 1.54) is 275 Å². The van der Waals surface area contributed by atoms with Gasteiger partial charge in [0, 0.05) is 6.04 Å². The minimum absolute atomic E-state index is 0.205. The Bertz CT molecular complexity index is 744. The molecule has 0 spiro atoms. The van der Waals surface area contributed by atoms with Crippen LogP contribution in [0, 0.1) is 5.92 Å². The number of unbranched alkanes of at least 4 members (excludes halogenated alkanes) is 38. The van der Waals surface area contributed by atoms with Crippen molar-refractivity contribution in [3.8, 4) is 0 Å². The van der Waals surface area contributed by atoms with E-state index in [1.54, 1.807) is 0 Å². The average Bonchev–Trinajstić information content (AvgIpc) is 3.18. The highest BCUT2D eigenvalue weighted by molar-refractivity contribution is 5.19. The van der Waals surface area contributed by atoms with Crippen LogP contribution in [0.3, 0.4) is 0 Å². The van der Waals surface area contributed by atoms with E-state index >= 15 is 0 Å². The average molecular weight is 738 g/mol. The predicted octanol–water partition coefficient (Wildman–Crippen LogP) is 18.7. The summed E-state index contributed by atoms with van der Waals surface area (Å²) in [5.41, 5.74) is 8.26. The van der Waals surface area contributed by atoms with Crippen molar-refractivity contribution >= 4 is 0 Å². The minimum atomic E-state index is 0.205. The molecule has 1 aromatic rings. The van der Waals surface area contributed by atoms with Crippen molar-refractivity contribution in [3.05, 3.63) is 35.9 Å². The van der Waals surface area contributed by atoms with Crippen molar-refractivity contribution in [1.29, 1.82) is 0 Å². The van der Waals surface area contributed by atoms with Crippen LogP contribution >= 0.6 is 0 Å². The minimum Gasteiger partial charge on any atom is -0.324 e. The van der Waals surface area contributed by atoms with Gasteiger partial charge in [0.1, 0.15) is 0 Å². The molecule has 0 aromatic heterocycles. The molecule has 0 bridgehead atoms. The molecule has 0 aliphatic rings. The molecule has 0 saturated heterocycles. The lowest BCUT2D eigenvalue weighted by Gasteiger charge is -2.24. The molecule has 0 heterocycles. The molecule has 0 aliphatic carbocycles. The van der Waals surface area contributed by atoms with E-state index in [0.717, 1.165) is 0 Å². The van der Waals surface area contributed by atoms with Gasteiger partial charge in [0.2, 0.25) is 0 Å². The third kappa shape index (κ3) is 35.3. The second-order valence-corrected chi connectivity index (χ2v) is 17.7. The van der Waals surface area contributed by atoms with Crippen molar-refractivity contribution in [1.82, 2.24) is 0 Å². The van der Waals surface area contributed by atoms with Crippen molar-refractivity contribution in [2.24, 2.45) is 11.7 Å². The Balaban J connectivity index is 1.98. The Morgan fingerprint density at radius 2 is 0.509 bits per heavy atom. The molecule has 0 aliphatic heterocycles. The van der Waals surface area contributed by atoms with E-state index in [4.69, 9.17) is 5.73 Å². The third-order valence-electron chi connectivity index (χ3n) is 12.5. The molecule has 0 radical (unpaired) electrons. The highest BCUT2D eigenvalue weighted by Gasteiger charge is 2.19. The van der Waals surface area contributed by atoms with Gasteiger partial charge in [0.15, 0.2) is 0 Å². The molecule has 0 saturated carbocycles. The van der Waals surface area contributed by atoms with E-state index in [-0.39, 0.29) is 6.04 Å². The fraction of sp³-hybridized carbons (Fsp3) is 0.885. The van der Waals surface area contributed by atoms with Gasteiger partial charge in [0.05, 0.1) is 0 Å². The second-order valence-electron chi connectivity index (χ2n) is 17.7. The summed E-state index contributed by atoms with van der Waals surface area (Å²) in [4.78, 5) is 0. The number of hydrogen-bond donors (Lipinski definition) is 1. The van der Waals surface area contributed by atoms with E-state index < -0.39 is 0 Å². The molecule has 53 heavy (non-hydrogen) atoms. The molecular formula is C52H99N. The molecule has 2 N–H and O–H groups in total. The van der Waals surface area contributed by atoms with Crippen molar-refractivity contribution in [2.45, 2.75) is 290 Å². The zero-order valence-electron chi connectivity index (χ0n) is 36.8. The van der Waals surface area contributed by atoms with Crippen LogP contribution in [0.2, 0.25) is 0 Å². The summed E-state index contributed by atoms with van der Waals surface area (Å²) in [5, 5.41) is 0. The molecule has 1 nitrogen and oxygen atoms in total. The quantitative estimate of drug-likeness (QED) is 0.0663. The molecular weight excluding hydrogens is 639 g/mol. The molecule has 1 heteroatoms. The maximum absolute atomic E-state index is 6.91. The maximum atomic E-state index is 6.91. The third-order valence-corrected chi connectivity index (χ3v) is 12.5. The van der Waals surface area contributed by atoms with Crippen LogP contribution in [0.25, 0.3) is 0 Å². The van der Waals surface area contributed by atoms with Crippen LogP contribution < -0.4 is 5.73 Å². The largest absolute Gasteiger partial charge is 0.324 e. The second kappa shape index (κ2) is 42.3. The van der Waals surface area contributed by atoms with Crippen LogP contribution in [0.1, 0.15) is 295 Å². The first kappa shape index (κ1) is 50.2. The molecule has 1 rings (SSSR count). The molecule has 1 aromatic carbocycles. The summed E-state index contributed by atoms with van der Waals surface area (Å²) in [6.45, 7) is 4.62. The summed E-state index contributed by atoms with van der Waals surface area (Å²) in [6.07, 6.45) is 60.6. The van der Waals surface area contributed by atoms with Gasteiger partial charge >= 0.3 is 0 Å². The molecule has 0 fully saturated rings. The van der Waals surface area contributed by atoms with Crippen LogP contribution in [-0.4, -0.2) is 0 Å². The normalized spacial score (nSPS) is 12.3. The van der Waals surface area contributed by atoms with Gasteiger partial charge in [0.25, 0.3) is 0 Å². The summed E-state index contributed by atoms with van der Waals surface area (Å²) in [6, 6.07) is 11.2. The lowest BCUT2D eigenvalue weighted by Crippen LogP contribution is -2.21. The van der Waals surface area contributed by atoms with Gasteiger partial charge in [-0.1, -0.05) is 301 Å². The smallest absolute Gasteiger partial charge is 0.0323 e. The first-order chi connectivity index (χ1) is 26.3. The van der Waals surface area contributed by atoms with Crippen molar-refractivity contribution in [3.63, 3.8) is 0 Å². The van der Waals surface area contributed by atoms with Gasteiger partial charge in [-0.05, 0) is 24.3 Å². The summed E-state index contributed by atoms with van der Waals surface area (Å²) < 4.78 is 0. The first-order valence-corrected chi connectivity index (χ1v) is 25.1. The monoisotopic (exact) mass is 738 g/mol. The fourth-order valence-corrected chi connectivity index (χ4v) is 8.77. The highest BCUT2D eigenvalue weighted by Crippen LogP contribution is 2.30. The van der Waals surface area contributed by atoms with Crippen LogP contribution in [0.4, 0.5) is 0 Å². The molecule has 312 valence electrons. The van der Waals surface area contributed by atoms with Gasteiger partial charge < -0.3 is 5.73 Å². The summed E-state index contributed by atoms with van der Waals surface area (Å²) >= 11 is 0. The van der Waals surface area contributed by atoms with Gasteiger partial charge in [-0.2, -0.15) is 0 Å². The Kier molecular flexibility index (Phi) is 40.1. The Morgan fingerprint density at radius 1 is 0.302 bits per heavy atom. The zero-order valence-corrected chi connectivity index (χ0v) is 36.8. The topological polar surface area (TPSA) is 26.0 Å². The maximum Gasteiger partial charge on any atom is 0.0323 e. The predicted molar refractivity (Wildman–Crippen MR) is 242 cm³/mol. The van der Waals surface area contributed by atoms with Crippen LogP contribution in [-0.2, 0) is 0 Å². The Hall–Kier alpha value is -0.820. The van der Waals surface area contributed by atoms with E-state index in [2.05, 4.69) is 44.2 Å². The number of hydrogen-bond acceptors (Lipinski definition) is 1. The highest BCUT2D eigenvalue weighted by atomic mass is 14.6. The van der Waals surface area contributed by atoms with Gasteiger partial charge in [-0.3, -0.25) is 0 Å².